The molecule has 1 aliphatic rings. The molecule has 0 radical (unpaired) electrons. The Balaban J connectivity index is 2.01. The van der Waals surface area contributed by atoms with Gasteiger partial charge in [-0.25, -0.2) is 4.39 Å². The molecule has 0 saturated heterocycles. The molecule has 1 fully saturated rings. The topological polar surface area (TPSA) is 26.0 Å². The SMILES string of the molecule is NCc1ccc(CC2(F)CCCCC2)cc1. The third-order valence-corrected chi connectivity index (χ3v) is 3.53. The van der Waals surface area contributed by atoms with Crippen LogP contribution < -0.4 is 5.73 Å². The maximum absolute atomic E-state index is 14.4. The summed E-state index contributed by atoms with van der Waals surface area (Å²) in [5.41, 5.74) is 6.79. The molecule has 0 amide bonds. The van der Waals surface area contributed by atoms with Crippen molar-refractivity contribution in [2.24, 2.45) is 5.73 Å². The first kappa shape index (κ1) is 11.6. The van der Waals surface area contributed by atoms with Gasteiger partial charge in [0, 0.05) is 13.0 Å². The predicted molar refractivity (Wildman–Crippen MR) is 65.0 cm³/mol. The average molecular weight is 221 g/mol. The van der Waals surface area contributed by atoms with Gasteiger partial charge in [-0.3, -0.25) is 0 Å². The molecule has 1 nitrogen and oxygen atoms in total. The van der Waals surface area contributed by atoms with Gasteiger partial charge in [0.15, 0.2) is 0 Å². The first-order chi connectivity index (χ1) is 7.72. The average Bonchev–Trinajstić information content (AvgIpc) is 2.30. The third-order valence-electron chi connectivity index (χ3n) is 3.53. The fraction of sp³-hybridized carbons (Fsp3) is 0.571. The van der Waals surface area contributed by atoms with Gasteiger partial charge in [-0.1, -0.05) is 43.5 Å². The van der Waals surface area contributed by atoms with Crippen molar-refractivity contribution in [2.75, 3.05) is 0 Å². The van der Waals surface area contributed by atoms with Crippen molar-refractivity contribution in [3.63, 3.8) is 0 Å². The fourth-order valence-electron chi connectivity index (χ4n) is 2.52. The molecule has 1 aromatic carbocycles. The zero-order valence-electron chi connectivity index (χ0n) is 9.71. The van der Waals surface area contributed by atoms with E-state index in [4.69, 9.17) is 5.73 Å². The first-order valence-corrected chi connectivity index (χ1v) is 6.19. The number of rotatable bonds is 3. The van der Waals surface area contributed by atoms with Crippen molar-refractivity contribution in [3.05, 3.63) is 35.4 Å². The number of benzene rings is 1. The summed E-state index contributed by atoms with van der Waals surface area (Å²) in [4.78, 5) is 0. The van der Waals surface area contributed by atoms with Gasteiger partial charge in [0.05, 0.1) is 0 Å². The summed E-state index contributed by atoms with van der Waals surface area (Å²) in [5.74, 6) is 0. The van der Waals surface area contributed by atoms with Crippen LogP contribution in [-0.4, -0.2) is 5.67 Å². The summed E-state index contributed by atoms with van der Waals surface area (Å²) >= 11 is 0. The minimum absolute atomic E-state index is 0.557. The van der Waals surface area contributed by atoms with E-state index in [0.717, 1.165) is 36.8 Å². The molecule has 0 atom stereocenters. The zero-order valence-corrected chi connectivity index (χ0v) is 9.71. The summed E-state index contributed by atoms with van der Waals surface area (Å²) in [7, 11) is 0. The van der Waals surface area contributed by atoms with E-state index in [0.29, 0.717) is 13.0 Å². The molecule has 1 aliphatic carbocycles. The van der Waals surface area contributed by atoms with E-state index in [1.54, 1.807) is 0 Å². The minimum atomic E-state index is -0.956. The van der Waals surface area contributed by atoms with E-state index in [1.165, 1.54) is 6.42 Å². The number of alkyl halides is 1. The van der Waals surface area contributed by atoms with Crippen molar-refractivity contribution >= 4 is 0 Å². The Hall–Kier alpha value is -0.890. The Bertz CT molecular complexity index is 325. The van der Waals surface area contributed by atoms with E-state index in [9.17, 15) is 4.39 Å². The molecule has 2 rings (SSSR count). The van der Waals surface area contributed by atoms with Gasteiger partial charge >= 0.3 is 0 Å². The lowest BCUT2D eigenvalue weighted by atomic mass is 9.82. The van der Waals surface area contributed by atoms with Gasteiger partial charge in [0.2, 0.25) is 0 Å². The smallest absolute Gasteiger partial charge is 0.115 e. The Morgan fingerprint density at radius 1 is 1.00 bits per heavy atom. The minimum Gasteiger partial charge on any atom is -0.326 e. The molecule has 2 heteroatoms. The van der Waals surface area contributed by atoms with Gasteiger partial charge in [0.25, 0.3) is 0 Å². The molecule has 0 bridgehead atoms. The predicted octanol–water partition coefficient (Wildman–Crippen LogP) is 3.36. The maximum atomic E-state index is 14.4. The van der Waals surface area contributed by atoms with Crippen LogP contribution in [0.1, 0.15) is 43.2 Å². The summed E-state index contributed by atoms with van der Waals surface area (Å²) < 4.78 is 14.4. The molecule has 88 valence electrons. The summed E-state index contributed by atoms with van der Waals surface area (Å²) in [5, 5.41) is 0. The highest BCUT2D eigenvalue weighted by Gasteiger charge is 2.31. The van der Waals surface area contributed by atoms with Crippen molar-refractivity contribution in [1.29, 1.82) is 0 Å². The van der Waals surface area contributed by atoms with E-state index in [2.05, 4.69) is 0 Å². The van der Waals surface area contributed by atoms with Crippen LogP contribution in [0.15, 0.2) is 24.3 Å². The highest BCUT2D eigenvalue weighted by atomic mass is 19.1. The molecule has 0 spiro atoms. The molecule has 0 aliphatic heterocycles. The van der Waals surface area contributed by atoms with E-state index in [-0.39, 0.29) is 0 Å². The number of hydrogen-bond donors (Lipinski definition) is 1. The fourth-order valence-corrected chi connectivity index (χ4v) is 2.52. The summed E-state index contributed by atoms with van der Waals surface area (Å²) in [6.45, 7) is 0.557. The second-order valence-electron chi connectivity index (χ2n) is 4.91. The molecular formula is C14H20FN. The lowest BCUT2D eigenvalue weighted by molar-refractivity contribution is 0.107. The Morgan fingerprint density at radius 2 is 1.56 bits per heavy atom. The Labute approximate surface area is 96.9 Å². The highest BCUT2D eigenvalue weighted by Crippen LogP contribution is 2.34. The van der Waals surface area contributed by atoms with Gasteiger partial charge in [-0.2, -0.15) is 0 Å². The standard InChI is InChI=1S/C14H20FN/c15-14(8-2-1-3-9-14)10-12-4-6-13(11-16)7-5-12/h4-7H,1-3,8-11,16H2. The van der Waals surface area contributed by atoms with Gasteiger partial charge in [-0.15, -0.1) is 0 Å². The summed E-state index contributed by atoms with van der Waals surface area (Å²) in [6, 6.07) is 8.03. The van der Waals surface area contributed by atoms with Crippen LogP contribution in [0, 0.1) is 0 Å². The van der Waals surface area contributed by atoms with E-state index in [1.807, 2.05) is 24.3 Å². The summed E-state index contributed by atoms with van der Waals surface area (Å²) in [6.07, 6.45) is 5.29. The molecule has 0 aromatic heterocycles. The molecule has 16 heavy (non-hydrogen) atoms. The molecule has 0 unspecified atom stereocenters. The van der Waals surface area contributed by atoms with E-state index >= 15 is 0 Å². The van der Waals surface area contributed by atoms with Crippen LogP contribution in [0.3, 0.4) is 0 Å². The molecule has 0 heterocycles. The van der Waals surface area contributed by atoms with Crippen LogP contribution in [-0.2, 0) is 13.0 Å². The van der Waals surface area contributed by atoms with Crippen LogP contribution in [0.5, 0.6) is 0 Å². The Morgan fingerprint density at radius 3 is 2.12 bits per heavy atom. The molecular weight excluding hydrogens is 201 g/mol. The van der Waals surface area contributed by atoms with Crippen molar-refractivity contribution in [1.82, 2.24) is 0 Å². The van der Waals surface area contributed by atoms with Crippen LogP contribution >= 0.6 is 0 Å². The molecule has 2 N–H and O–H groups in total. The lowest BCUT2D eigenvalue weighted by Gasteiger charge is -2.29. The van der Waals surface area contributed by atoms with Crippen LogP contribution in [0.4, 0.5) is 4.39 Å². The maximum Gasteiger partial charge on any atom is 0.115 e. The van der Waals surface area contributed by atoms with Crippen LogP contribution in [0.25, 0.3) is 0 Å². The van der Waals surface area contributed by atoms with Gasteiger partial charge in [-0.05, 0) is 24.0 Å². The zero-order chi connectivity index (χ0) is 11.4. The van der Waals surface area contributed by atoms with Crippen LogP contribution in [0.2, 0.25) is 0 Å². The highest BCUT2D eigenvalue weighted by molar-refractivity contribution is 5.23. The molecule has 1 aromatic rings. The second kappa shape index (κ2) is 4.96. The molecule has 1 saturated carbocycles. The van der Waals surface area contributed by atoms with Crippen molar-refractivity contribution in [2.45, 2.75) is 50.7 Å². The van der Waals surface area contributed by atoms with Gasteiger partial charge in [0.1, 0.15) is 5.67 Å². The number of hydrogen-bond acceptors (Lipinski definition) is 1. The second-order valence-corrected chi connectivity index (χ2v) is 4.91. The van der Waals surface area contributed by atoms with E-state index < -0.39 is 5.67 Å². The monoisotopic (exact) mass is 221 g/mol. The third kappa shape index (κ3) is 2.82. The quantitative estimate of drug-likeness (QED) is 0.832. The van der Waals surface area contributed by atoms with Crippen molar-refractivity contribution in [3.8, 4) is 0 Å². The lowest BCUT2D eigenvalue weighted by Crippen LogP contribution is -2.28. The Kier molecular flexibility index (Phi) is 3.59. The van der Waals surface area contributed by atoms with Gasteiger partial charge < -0.3 is 5.73 Å². The van der Waals surface area contributed by atoms with Crippen molar-refractivity contribution < 1.29 is 4.39 Å². The normalized spacial score (nSPS) is 19.6. The largest absolute Gasteiger partial charge is 0.326 e. The first-order valence-electron chi connectivity index (χ1n) is 6.19. The number of nitrogens with two attached hydrogens (primary N) is 1. The number of halogens is 1.